The van der Waals surface area contributed by atoms with E-state index in [1.165, 1.54) is 23.1 Å². The van der Waals surface area contributed by atoms with Gasteiger partial charge in [0.15, 0.2) is 0 Å². The van der Waals surface area contributed by atoms with E-state index in [1.54, 1.807) is 5.57 Å². The quantitative estimate of drug-likeness (QED) is 0.597. The van der Waals surface area contributed by atoms with Crippen molar-refractivity contribution in [3.05, 3.63) is 64.1 Å². The summed E-state index contributed by atoms with van der Waals surface area (Å²) in [6.07, 6.45) is 10.9. The van der Waals surface area contributed by atoms with Crippen LogP contribution in [0.3, 0.4) is 0 Å². The molecule has 3 atom stereocenters. The molecule has 3 aliphatic rings. The van der Waals surface area contributed by atoms with E-state index in [2.05, 4.69) is 23.4 Å². The molecular formula is C20H19NO2. The van der Waals surface area contributed by atoms with E-state index in [9.17, 15) is 4.79 Å². The van der Waals surface area contributed by atoms with E-state index in [0.29, 0.717) is 17.8 Å². The third kappa shape index (κ3) is 2.10. The Labute approximate surface area is 135 Å². The number of rotatable bonds is 1. The first-order chi connectivity index (χ1) is 11.3. The van der Waals surface area contributed by atoms with Gasteiger partial charge in [-0.15, -0.1) is 0 Å². The monoisotopic (exact) mass is 305 g/mol. The fourth-order valence-corrected chi connectivity index (χ4v) is 4.80. The van der Waals surface area contributed by atoms with E-state index in [0.717, 1.165) is 43.3 Å². The zero-order chi connectivity index (χ0) is 15.4. The Morgan fingerprint density at radius 1 is 1.13 bits per heavy atom. The summed E-state index contributed by atoms with van der Waals surface area (Å²) >= 11 is 0. The van der Waals surface area contributed by atoms with Crippen molar-refractivity contribution in [2.24, 2.45) is 17.8 Å². The molecule has 1 aromatic heterocycles. The summed E-state index contributed by atoms with van der Waals surface area (Å²) in [7, 11) is 0. The lowest BCUT2D eigenvalue weighted by Gasteiger charge is -2.40. The molecule has 1 aromatic carbocycles. The van der Waals surface area contributed by atoms with Gasteiger partial charge < -0.3 is 4.52 Å². The molecule has 116 valence electrons. The van der Waals surface area contributed by atoms with Crippen molar-refractivity contribution < 1.29 is 9.32 Å². The molecule has 3 aliphatic carbocycles. The number of aromatic nitrogens is 1. The molecule has 1 heterocycles. The lowest BCUT2D eigenvalue weighted by atomic mass is 9.64. The zero-order valence-electron chi connectivity index (χ0n) is 13.0. The Hall–Kier alpha value is -2.16. The third-order valence-corrected chi connectivity index (χ3v) is 6.01. The van der Waals surface area contributed by atoms with Gasteiger partial charge >= 0.3 is 0 Å². The van der Waals surface area contributed by atoms with Gasteiger partial charge in [0, 0.05) is 17.5 Å². The second kappa shape index (κ2) is 4.92. The Morgan fingerprint density at radius 3 is 3.00 bits per heavy atom. The molecule has 0 spiro atoms. The van der Waals surface area contributed by atoms with Gasteiger partial charge in [-0.3, -0.25) is 4.79 Å². The summed E-state index contributed by atoms with van der Waals surface area (Å²) in [5.41, 5.74) is 6.44. The van der Waals surface area contributed by atoms with Crippen LogP contribution in [0, 0.1) is 17.8 Å². The van der Waals surface area contributed by atoms with Gasteiger partial charge in [-0.05, 0) is 60.6 Å². The van der Waals surface area contributed by atoms with Crippen LogP contribution in [0.15, 0.2) is 40.6 Å². The van der Waals surface area contributed by atoms with Crippen LogP contribution in [-0.4, -0.2) is 11.4 Å². The highest BCUT2D eigenvalue weighted by Crippen LogP contribution is 2.45. The summed E-state index contributed by atoms with van der Waals surface area (Å²) in [6, 6.07) is 6.18. The van der Waals surface area contributed by atoms with Crippen LogP contribution < -0.4 is 0 Å². The average molecular weight is 305 g/mol. The number of fused-ring (bicyclic) bond motifs is 4. The molecular weight excluding hydrogens is 286 g/mol. The molecule has 0 fully saturated rings. The number of hydrogen-bond acceptors (Lipinski definition) is 3. The number of carbonyl (C=O) groups excluding carboxylic acids is 1. The summed E-state index contributed by atoms with van der Waals surface area (Å²) in [4.78, 5) is 11.0. The highest BCUT2D eigenvalue weighted by Gasteiger charge is 2.37. The van der Waals surface area contributed by atoms with Crippen LogP contribution >= 0.6 is 0 Å². The van der Waals surface area contributed by atoms with Gasteiger partial charge in [0.2, 0.25) is 0 Å². The summed E-state index contributed by atoms with van der Waals surface area (Å²) < 4.78 is 5.42. The molecule has 0 saturated heterocycles. The zero-order valence-corrected chi connectivity index (χ0v) is 13.0. The van der Waals surface area contributed by atoms with Crippen molar-refractivity contribution in [2.75, 3.05) is 0 Å². The minimum Gasteiger partial charge on any atom is -0.361 e. The standard InChI is InChI=1S/C20H19NO2/c22-11-12-1-2-13-4-15-7-18-9-20-19(10-21-23-20)8-17(18)6-16(15)5-14(13)3-12/h1-3,6,10-11,15,17-18H,4-5,7-9H2. The minimum atomic E-state index is 0.629. The highest BCUT2D eigenvalue weighted by molar-refractivity contribution is 5.75. The molecule has 3 unspecified atom stereocenters. The van der Waals surface area contributed by atoms with Crippen molar-refractivity contribution in [3.8, 4) is 0 Å². The van der Waals surface area contributed by atoms with Gasteiger partial charge in [0.25, 0.3) is 0 Å². The summed E-state index contributed by atoms with van der Waals surface area (Å²) in [5, 5.41) is 3.98. The molecule has 23 heavy (non-hydrogen) atoms. The van der Waals surface area contributed by atoms with Gasteiger partial charge in [-0.2, -0.15) is 0 Å². The number of hydrogen-bond donors (Lipinski definition) is 0. The van der Waals surface area contributed by atoms with Gasteiger partial charge in [-0.25, -0.2) is 0 Å². The molecule has 3 nitrogen and oxygen atoms in total. The lowest BCUT2D eigenvalue weighted by Crippen LogP contribution is -2.33. The van der Waals surface area contributed by atoms with Crippen LogP contribution in [0.2, 0.25) is 0 Å². The van der Waals surface area contributed by atoms with Gasteiger partial charge in [0.05, 0.1) is 6.20 Å². The molecule has 3 heteroatoms. The van der Waals surface area contributed by atoms with Gasteiger partial charge in [0.1, 0.15) is 12.0 Å². The van der Waals surface area contributed by atoms with E-state index >= 15 is 0 Å². The first-order valence-corrected chi connectivity index (χ1v) is 8.50. The second-order valence-electron chi connectivity index (χ2n) is 7.31. The molecule has 0 saturated carbocycles. The Kier molecular flexibility index (Phi) is 2.84. The van der Waals surface area contributed by atoms with Crippen LogP contribution in [-0.2, 0) is 25.7 Å². The lowest BCUT2D eigenvalue weighted by molar-refractivity contribution is 0.112. The van der Waals surface area contributed by atoms with Crippen molar-refractivity contribution in [2.45, 2.75) is 32.1 Å². The third-order valence-electron chi connectivity index (χ3n) is 6.01. The van der Waals surface area contributed by atoms with E-state index in [1.807, 2.05) is 12.3 Å². The van der Waals surface area contributed by atoms with E-state index < -0.39 is 0 Å². The first-order valence-electron chi connectivity index (χ1n) is 8.50. The van der Waals surface area contributed by atoms with Crippen molar-refractivity contribution in [3.63, 3.8) is 0 Å². The number of carbonyl (C=O) groups is 1. The Balaban J connectivity index is 1.48. The van der Waals surface area contributed by atoms with Gasteiger partial charge in [-0.1, -0.05) is 28.9 Å². The van der Waals surface area contributed by atoms with Crippen LogP contribution in [0.25, 0.3) is 0 Å². The SMILES string of the molecule is O=Cc1ccc2c(c1)CC1=CC3Cc4cnoc4CC3CC1C2. The summed E-state index contributed by atoms with van der Waals surface area (Å²) in [5.74, 6) is 3.09. The minimum absolute atomic E-state index is 0.629. The number of aldehydes is 1. The van der Waals surface area contributed by atoms with E-state index in [4.69, 9.17) is 4.52 Å². The van der Waals surface area contributed by atoms with Crippen molar-refractivity contribution in [1.29, 1.82) is 0 Å². The van der Waals surface area contributed by atoms with E-state index in [-0.39, 0.29) is 0 Å². The molecule has 5 rings (SSSR count). The highest BCUT2D eigenvalue weighted by atomic mass is 16.5. The molecule has 2 aromatic rings. The number of allylic oxidation sites excluding steroid dienone is 2. The predicted molar refractivity (Wildman–Crippen MR) is 86.3 cm³/mol. The maximum Gasteiger partial charge on any atom is 0.150 e. The molecule has 0 N–H and O–H groups in total. The normalized spacial score (nSPS) is 28.0. The van der Waals surface area contributed by atoms with Crippen molar-refractivity contribution >= 4 is 6.29 Å². The Bertz CT molecular complexity index is 817. The number of nitrogens with zero attached hydrogens (tertiary/aromatic N) is 1. The van der Waals surface area contributed by atoms with Crippen LogP contribution in [0.5, 0.6) is 0 Å². The van der Waals surface area contributed by atoms with Crippen molar-refractivity contribution in [1.82, 2.24) is 5.16 Å². The Morgan fingerprint density at radius 2 is 2.09 bits per heavy atom. The second-order valence-corrected chi connectivity index (χ2v) is 7.31. The topological polar surface area (TPSA) is 43.1 Å². The number of benzene rings is 1. The first kappa shape index (κ1) is 13.3. The smallest absolute Gasteiger partial charge is 0.150 e. The predicted octanol–water partition coefficient (Wildman–Crippen LogP) is 3.56. The fraction of sp³-hybridized carbons (Fsp3) is 0.400. The molecule has 0 amide bonds. The molecule has 0 bridgehead atoms. The van der Waals surface area contributed by atoms with Crippen LogP contribution in [0.1, 0.15) is 39.2 Å². The fourth-order valence-electron chi connectivity index (χ4n) is 4.80. The molecule has 0 aliphatic heterocycles. The molecule has 0 radical (unpaired) electrons. The average Bonchev–Trinajstić information content (AvgIpc) is 3.02. The maximum absolute atomic E-state index is 11.0. The van der Waals surface area contributed by atoms with Crippen LogP contribution in [0.4, 0.5) is 0 Å². The largest absolute Gasteiger partial charge is 0.361 e. The summed E-state index contributed by atoms with van der Waals surface area (Å²) in [6.45, 7) is 0. The maximum atomic E-state index is 11.0.